The van der Waals surface area contributed by atoms with E-state index in [1.807, 2.05) is 0 Å². The average molecular weight is 244 g/mol. The summed E-state index contributed by atoms with van der Waals surface area (Å²) in [5.41, 5.74) is 0. The van der Waals surface area contributed by atoms with Gasteiger partial charge in [0.05, 0.1) is 6.10 Å². The van der Waals surface area contributed by atoms with E-state index in [4.69, 9.17) is 25.1 Å². The molecule has 8 nitrogen and oxygen atoms in total. The molecule has 0 aromatic rings. The highest BCUT2D eigenvalue weighted by Crippen LogP contribution is 2.35. The number of carbonyl (C=O) groups excluding carboxylic acids is 1. The van der Waals surface area contributed by atoms with E-state index >= 15 is 0 Å². The van der Waals surface area contributed by atoms with Crippen molar-refractivity contribution in [1.82, 2.24) is 0 Å². The van der Waals surface area contributed by atoms with Crippen LogP contribution in [0.5, 0.6) is 0 Å². The number of phosphoric ester groups is 1. The van der Waals surface area contributed by atoms with Gasteiger partial charge in [0.1, 0.15) is 12.7 Å². The lowest BCUT2D eigenvalue weighted by molar-refractivity contribution is -0.135. The largest absolute Gasteiger partial charge is 0.470 e. The molecule has 0 aromatic heterocycles. The van der Waals surface area contributed by atoms with Gasteiger partial charge < -0.3 is 25.1 Å². The van der Waals surface area contributed by atoms with E-state index in [1.165, 1.54) is 0 Å². The van der Waals surface area contributed by atoms with Crippen molar-refractivity contribution < 1.29 is 39.0 Å². The summed E-state index contributed by atoms with van der Waals surface area (Å²) < 4.78 is 14.0. The third-order valence-corrected chi connectivity index (χ3v) is 1.96. The summed E-state index contributed by atoms with van der Waals surface area (Å²) in [6.07, 6.45) is -3.53. The van der Waals surface area contributed by atoms with Crippen LogP contribution in [0.25, 0.3) is 0 Å². The molecule has 0 radical (unpaired) electrons. The normalized spacial score (nSPS) is 16.1. The van der Waals surface area contributed by atoms with Gasteiger partial charge in [0.15, 0.2) is 5.78 Å². The third kappa shape index (κ3) is 6.69. The summed E-state index contributed by atoms with van der Waals surface area (Å²) in [6, 6.07) is 0. The van der Waals surface area contributed by atoms with Crippen LogP contribution in [0.3, 0.4) is 0 Å². The van der Waals surface area contributed by atoms with Gasteiger partial charge in [-0.3, -0.25) is 9.32 Å². The first kappa shape index (κ1) is 14.7. The van der Waals surface area contributed by atoms with Crippen molar-refractivity contribution in [1.29, 1.82) is 0 Å². The van der Waals surface area contributed by atoms with Gasteiger partial charge in [-0.15, -0.1) is 0 Å². The minimum atomic E-state index is -4.77. The Balaban J connectivity index is 4.05. The number of ketones is 1. The average Bonchev–Trinajstić information content (AvgIpc) is 2.12. The zero-order valence-electron chi connectivity index (χ0n) is 7.68. The second-order valence-electron chi connectivity index (χ2n) is 2.75. The number of Topliss-reactive ketones (excluding diaryl/α,β-unsaturated/α-hetero) is 1. The Morgan fingerprint density at radius 3 is 2.27 bits per heavy atom. The minimum Gasteiger partial charge on any atom is -0.396 e. The predicted octanol–water partition coefficient (Wildman–Crippen LogP) is -2.23. The van der Waals surface area contributed by atoms with Crippen LogP contribution in [0.15, 0.2) is 0 Å². The maximum Gasteiger partial charge on any atom is 0.470 e. The molecule has 0 spiro atoms. The van der Waals surface area contributed by atoms with Crippen molar-refractivity contribution in [2.75, 3.05) is 13.2 Å². The fraction of sp³-hybridized carbons (Fsp3) is 0.833. The van der Waals surface area contributed by atoms with E-state index < -0.39 is 39.0 Å². The van der Waals surface area contributed by atoms with Crippen molar-refractivity contribution in [3.63, 3.8) is 0 Å². The Morgan fingerprint density at radius 2 is 1.87 bits per heavy atom. The van der Waals surface area contributed by atoms with E-state index in [0.717, 1.165) is 0 Å². The molecule has 0 rings (SSSR count). The van der Waals surface area contributed by atoms with Crippen LogP contribution in [0.1, 0.15) is 6.42 Å². The van der Waals surface area contributed by atoms with Gasteiger partial charge in [-0.1, -0.05) is 0 Å². The van der Waals surface area contributed by atoms with Crippen molar-refractivity contribution in [3.05, 3.63) is 0 Å². The monoisotopic (exact) mass is 244 g/mol. The summed E-state index contributed by atoms with van der Waals surface area (Å²) in [4.78, 5) is 27.4. The molecule has 0 amide bonds. The molecule has 0 saturated carbocycles. The Bertz CT molecular complexity index is 248. The molecular weight excluding hydrogens is 231 g/mol. The Kier molecular flexibility index (Phi) is 6.15. The molecule has 0 bridgehead atoms. The van der Waals surface area contributed by atoms with E-state index in [0.29, 0.717) is 0 Å². The fourth-order valence-electron chi connectivity index (χ4n) is 0.738. The van der Waals surface area contributed by atoms with Gasteiger partial charge in [-0.25, -0.2) is 4.57 Å². The summed E-state index contributed by atoms with van der Waals surface area (Å²) in [6.45, 7) is -1.43. The Labute approximate surface area is 85.4 Å². The number of hydrogen-bond acceptors (Lipinski definition) is 6. The van der Waals surface area contributed by atoms with Crippen molar-refractivity contribution in [3.8, 4) is 0 Å². The third-order valence-electron chi connectivity index (χ3n) is 1.49. The standard InChI is InChI=1S/C6H13O8P/c7-2-1-4(8)6(10)5(9)3-14-15(11,12)13/h4,6-8,10H,1-3H2,(H2,11,12,13). The van der Waals surface area contributed by atoms with Crippen molar-refractivity contribution >= 4 is 13.6 Å². The lowest BCUT2D eigenvalue weighted by atomic mass is 10.1. The Hall–Kier alpha value is -0.340. The molecule has 0 fully saturated rings. The molecule has 0 aromatic carbocycles. The van der Waals surface area contributed by atoms with Gasteiger partial charge in [0.25, 0.3) is 0 Å². The highest BCUT2D eigenvalue weighted by atomic mass is 31.2. The summed E-state index contributed by atoms with van der Waals surface area (Å²) in [7, 11) is -4.77. The Morgan fingerprint density at radius 1 is 1.33 bits per heavy atom. The minimum absolute atomic E-state index is 0.219. The second-order valence-corrected chi connectivity index (χ2v) is 3.99. The van der Waals surface area contributed by atoms with E-state index in [1.54, 1.807) is 0 Å². The molecule has 0 aliphatic heterocycles. The molecule has 2 unspecified atom stereocenters. The van der Waals surface area contributed by atoms with Gasteiger partial charge in [0, 0.05) is 6.61 Å². The summed E-state index contributed by atoms with van der Waals surface area (Å²) in [5.74, 6) is -1.07. The highest BCUT2D eigenvalue weighted by molar-refractivity contribution is 7.46. The smallest absolute Gasteiger partial charge is 0.396 e. The first-order chi connectivity index (χ1) is 6.78. The molecule has 9 heteroatoms. The number of rotatable bonds is 7. The highest BCUT2D eigenvalue weighted by Gasteiger charge is 2.26. The molecule has 90 valence electrons. The van der Waals surface area contributed by atoms with E-state index in [-0.39, 0.29) is 6.42 Å². The molecule has 0 saturated heterocycles. The maximum absolute atomic E-state index is 10.9. The van der Waals surface area contributed by atoms with Crippen LogP contribution < -0.4 is 0 Å². The summed E-state index contributed by atoms with van der Waals surface area (Å²) in [5, 5.41) is 26.5. The van der Waals surface area contributed by atoms with Crippen LogP contribution in [-0.4, -0.2) is 56.3 Å². The number of phosphoric acid groups is 1. The molecular formula is C6H13O8P. The SMILES string of the molecule is O=C(COP(=O)(O)O)C(O)C(O)CCO. The van der Waals surface area contributed by atoms with Crippen molar-refractivity contribution in [2.45, 2.75) is 18.6 Å². The fourth-order valence-corrected chi connectivity index (χ4v) is 1.03. The predicted molar refractivity (Wildman–Crippen MR) is 46.7 cm³/mol. The molecule has 2 atom stereocenters. The number of aliphatic hydroxyl groups excluding tert-OH is 3. The van der Waals surface area contributed by atoms with Gasteiger partial charge >= 0.3 is 7.82 Å². The molecule has 0 heterocycles. The van der Waals surface area contributed by atoms with Gasteiger partial charge in [-0.2, -0.15) is 0 Å². The zero-order chi connectivity index (χ0) is 12.1. The van der Waals surface area contributed by atoms with E-state index in [9.17, 15) is 9.36 Å². The van der Waals surface area contributed by atoms with Crippen LogP contribution in [0, 0.1) is 0 Å². The lowest BCUT2D eigenvalue weighted by Crippen LogP contribution is -2.36. The van der Waals surface area contributed by atoms with Crippen LogP contribution >= 0.6 is 7.82 Å². The van der Waals surface area contributed by atoms with Gasteiger partial charge in [0.2, 0.25) is 0 Å². The first-order valence-electron chi connectivity index (χ1n) is 3.97. The molecule has 15 heavy (non-hydrogen) atoms. The lowest BCUT2D eigenvalue weighted by Gasteiger charge is -2.15. The molecule has 0 aliphatic carbocycles. The van der Waals surface area contributed by atoms with E-state index in [2.05, 4.69) is 4.52 Å². The quantitative estimate of drug-likeness (QED) is 0.316. The topological polar surface area (TPSA) is 145 Å². The van der Waals surface area contributed by atoms with Crippen LogP contribution in [-0.2, 0) is 13.9 Å². The maximum atomic E-state index is 10.9. The second kappa shape index (κ2) is 6.29. The zero-order valence-corrected chi connectivity index (χ0v) is 8.58. The van der Waals surface area contributed by atoms with Crippen LogP contribution in [0.4, 0.5) is 0 Å². The number of aliphatic hydroxyl groups is 3. The van der Waals surface area contributed by atoms with Crippen LogP contribution in [0.2, 0.25) is 0 Å². The summed E-state index contributed by atoms with van der Waals surface area (Å²) >= 11 is 0. The molecule has 5 N–H and O–H groups in total. The number of carbonyl (C=O) groups is 1. The number of hydrogen-bond donors (Lipinski definition) is 5. The molecule has 0 aliphatic rings. The van der Waals surface area contributed by atoms with Gasteiger partial charge in [-0.05, 0) is 6.42 Å². The van der Waals surface area contributed by atoms with Crippen molar-refractivity contribution in [2.24, 2.45) is 0 Å². The first-order valence-corrected chi connectivity index (χ1v) is 5.50.